The van der Waals surface area contributed by atoms with Gasteiger partial charge in [-0.15, -0.1) is 11.3 Å². The second-order valence-electron chi connectivity index (χ2n) is 4.67. The quantitative estimate of drug-likeness (QED) is 0.798. The first-order chi connectivity index (χ1) is 9.44. The van der Waals surface area contributed by atoms with Crippen LogP contribution in [0.2, 0.25) is 0 Å². The Morgan fingerprint density at radius 2 is 2.05 bits per heavy atom. The molecule has 0 aromatic carbocycles. The molecule has 2 aromatic rings. The summed E-state index contributed by atoms with van der Waals surface area (Å²) >= 11 is 4.69. The molecule has 1 aliphatic rings. The number of hydrogen-bond acceptors (Lipinski definition) is 3. The van der Waals surface area contributed by atoms with E-state index in [1.165, 1.54) is 11.3 Å². The molecule has 3 rings (SSSR count). The Bertz CT molecular complexity index is 594. The third-order valence-corrected chi connectivity index (χ3v) is 4.78. The lowest BCUT2D eigenvalue weighted by molar-refractivity contribution is -0.141. The van der Waals surface area contributed by atoms with Crippen molar-refractivity contribution in [3.63, 3.8) is 0 Å². The zero-order valence-corrected chi connectivity index (χ0v) is 13.6. The molecule has 1 unspecified atom stereocenters. The first-order valence-electron chi connectivity index (χ1n) is 6.55. The van der Waals surface area contributed by atoms with E-state index in [-0.39, 0.29) is 18.8 Å². The second-order valence-corrected chi connectivity index (χ2v) is 6.64. The lowest BCUT2D eigenvalue weighted by Gasteiger charge is -2.37. The van der Waals surface area contributed by atoms with Gasteiger partial charge in [-0.25, -0.2) is 13.8 Å². The Hall–Kier alpha value is -0.590. The third kappa shape index (κ3) is 3.18. The van der Waals surface area contributed by atoms with Crippen molar-refractivity contribution in [1.82, 2.24) is 4.98 Å². The minimum Gasteiger partial charge on any atom is -0.387 e. The molecular weight excluding hydrogens is 348 g/mol. The summed E-state index contributed by atoms with van der Waals surface area (Å²) in [7, 11) is 0. The zero-order valence-electron chi connectivity index (χ0n) is 11.2. The molecule has 110 valence electrons. The maximum absolute atomic E-state index is 12.8. The SMILES string of the molecule is CC.OC(c1cc2cc(Br)cnc2s1)C1CC(F)(F)C1. The number of alkyl halides is 2. The predicted octanol–water partition coefficient (Wildman–Crippen LogP) is 5.16. The highest BCUT2D eigenvalue weighted by Crippen LogP contribution is 2.49. The van der Waals surface area contributed by atoms with E-state index in [4.69, 9.17) is 0 Å². The molecule has 2 heterocycles. The summed E-state index contributed by atoms with van der Waals surface area (Å²) in [4.78, 5) is 5.76. The first-order valence-corrected chi connectivity index (χ1v) is 8.16. The van der Waals surface area contributed by atoms with Crippen LogP contribution in [0.3, 0.4) is 0 Å². The third-order valence-electron chi connectivity index (χ3n) is 3.22. The van der Waals surface area contributed by atoms with Crippen LogP contribution in [0.5, 0.6) is 0 Å². The van der Waals surface area contributed by atoms with Crippen LogP contribution in [0.1, 0.15) is 37.7 Å². The Labute approximate surface area is 129 Å². The average molecular weight is 364 g/mol. The molecule has 1 fully saturated rings. The van der Waals surface area contributed by atoms with Crippen LogP contribution in [0, 0.1) is 5.92 Å². The van der Waals surface area contributed by atoms with Crippen molar-refractivity contribution in [3.8, 4) is 0 Å². The number of hydrogen-bond donors (Lipinski definition) is 1. The minimum absolute atomic E-state index is 0.223. The summed E-state index contributed by atoms with van der Waals surface area (Å²) in [5.41, 5.74) is 0. The number of pyridine rings is 1. The van der Waals surface area contributed by atoms with Crippen LogP contribution in [0.15, 0.2) is 22.8 Å². The minimum atomic E-state index is -2.59. The summed E-state index contributed by atoms with van der Waals surface area (Å²) in [6.07, 6.45) is 0.438. The van der Waals surface area contributed by atoms with Crippen LogP contribution >= 0.6 is 27.3 Å². The van der Waals surface area contributed by atoms with Crippen molar-refractivity contribution in [3.05, 3.63) is 27.7 Å². The average Bonchev–Trinajstić information content (AvgIpc) is 2.80. The van der Waals surface area contributed by atoms with Crippen molar-refractivity contribution in [2.45, 2.75) is 38.7 Å². The summed E-state index contributed by atoms with van der Waals surface area (Å²) in [5, 5.41) is 11.0. The highest BCUT2D eigenvalue weighted by atomic mass is 79.9. The molecule has 0 saturated heterocycles. The topological polar surface area (TPSA) is 33.1 Å². The van der Waals surface area contributed by atoms with Gasteiger partial charge in [-0.2, -0.15) is 0 Å². The molecule has 1 N–H and O–H groups in total. The lowest BCUT2D eigenvalue weighted by atomic mass is 9.77. The van der Waals surface area contributed by atoms with Gasteiger partial charge in [0.1, 0.15) is 4.83 Å². The van der Waals surface area contributed by atoms with Crippen molar-refractivity contribution in [2.75, 3.05) is 0 Å². The zero-order chi connectivity index (χ0) is 14.9. The van der Waals surface area contributed by atoms with Crippen molar-refractivity contribution in [2.24, 2.45) is 5.92 Å². The first kappa shape index (κ1) is 15.8. The molecule has 1 saturated carbocycles. The molecular formula is C14H16BrF2NOS. The Morgan fingerprint density at radius 3 is 2.65 bits per heavy atom. The highest BCUT2D eigenvalue weighted by molar-refractivity contribution is 9.10. The molecule has 0 amide bonds. The van der Waals surface area contributed by atoms with Crippen LogP contribution in [-0.4, -0.2) is 16.0 Å². The second kappa shape index (κ2) is 6.03. The summed E-state index contributed by atoms with van der Waals surface area (Å²) in [6, 6.07) is 3.74. The van der Waals surface area contributed by atoms with Gasteiger partial charge in [0, 0.05) is 39.7 Å². The standard InChI is InChI=1S/C12H10BrF2NOS.C2H6/c13-8-1-6-2-9(18-11(6)16-5-8)10(17)7-3-12(14,15)4-7;1-2/h1-2,5,7,10,17H,3-4H2;1-2H3. The van der Waals surface area contributed by atoms with Crippen molar-refractivity contribution < 1.29 is 13.9 Å². The number of aromatic nitrogens is 1. The van der Waals surface area contributed by atoms with E-state index >= 15 is 0 Å². The maximum atomic E-state index is 12.8. The molecule has 0 radical (unpaired) electrons. The van der Waals surface area contributed by atoms with E-state index in [9.17, 15) is 13.9 Å². The molecule has 6 heteroatoms. The number of aliphatic hydroxyl groups is 1. The van der Waals surface area contributed by atoms with Gasteiger partial charge in [-0.1, -0.05) is 13.8 Å². The number of nitrogens with zero attached hydrogens (tertiary/aromatic N) is 1. The van der Waals surface area contributed by atoms with E-state index in [0.717, 1.165) is 19.6 Å². The van der Waals surface area contributed by atoms with Crippen LogP contribution < -0.4 is 0 Å². The molecule has 2 nitrogen and oxygen atoms in total. The summed E-state index contributed by atoms with van der Waals surface area (Å²) < 4.78 is 26.5. The van der Waals surface area contributed by atoms with Gasteiger partial charge in [0.15, 0.2) is 0 Å². The molecule has 1 atom stereocenters. The van der Waals surface area contributed by atoms with Crippen LogP contribution in [0.4, 0.5) is 8.78 Å². The fraction of sp³-hybridized carbons (Fsp3) is 0.500. The predicted molar refractivity (Wildman–Crippen MR) is 81.3 cm³/mol. The van der Waals surface area contributed by atoms with E-state index < -0.39 is 12.0 Å². The number of fused-ring (bicyclic) bond motifs is 1. The smallest absolute Gasteiger partial charge is 0.248 e. The van der Waals surface area contributed by atoms with E-state index in [1.807, 2.05) is 26.0 Å². The number of thiophene rings is 1. The van der Waals surface area contributed by atoms with Gasteiger partial charge in [0.2, 0.25) is 5.92 Å². The highest BCUT2D eigenvalue weighted by Gasteiger charge is 2.48. The molecule has 0 bridgehead atoms. The van der Waals surface area contributed by atoms with E-state index in [2.05, 4.69) is 20.9 Å². The summed E-state index contributed by atoms with van der Waals surface area (Å²) in [5.74, 6) is -2.93. The van der Waals surface area contributed by atoms with E-state index in [1.54, 1.807) is 6.20 Å². The van der Waals surface area contributed by atoms with Crippen LogP contribution in [0.25, 0.3) is 10.2 Å². The maximum Gasteiger partial charge on any atom is 0.248 e. The van der Waals surface area contributed by atoms with Gasteiger partial charge in [-0.3, -0.25) is 0 Å². The van der Waals surface area contributed by atoms with Gasteiger partial charge in [0.25, 0.3) is 0 Å². The summed E-state index contributed by atoms with van der Waals surface area (Å²) in [6.45, 7) is 4.00. The lowest BCUT2D eigenvalue weighted by Crippen LogP contribution is -2.38. The van der Waals surface area contributed by atoms with Crippen molar-refractivity contribution >= 4 is 37.5 Å². The number of aliphatic hydroxyl groups excluding tert-OH is 1. The molecule has 0 spiro atoms. The fourth-order valence-electron chi connectivity index (χ4n) is 2.23. The Balaban J connectivity index is 0.000000704. The normalized spacial score (nSPS) is 19.1. The molecule has 0 aliphatic heterocycles. The number of rotatable bonds is 2. The molecule has 20 heavy (non-hydrogen) atoms. The van der Waals surface area contributed by atoms with E-state index in [0.29, 0.717) is 0 Å². The van der Waals surface area contributed by atoms with Gasteiger partial charge < -0.3 is 5.11 Å². The van der Waals surface area contributed by atoms with Gasteiger partial charge in [-0.05, 0) is 28.1 Å². The molecule has 1 aliphatic carbocycles. The Kier molecular flexibility index (Phi) is 4.76. The monoisotopic (exact) mass is 363 g/mol. The number of halogens is 3. The van der Waals surface area contributed by atoms with Crippen LogP contribution in [-0.2, 0) is 0 Å². The fourth-order valence-corrected chi connectivity index (χ4v) is 3.65. The largest absolute Gasteiger partial charge is 0.387 e. The van der Waals surface area contributed by atoms with Gasteiger partial charge >= 0.3 is 0 Å². The Morgan fingerprint density at radius 1 is 1.40 bits per heavy atom. The van der Waals surface area contributed by atoms with Gasteiger partial charge in [0.05, 0.1) is 6.10 Å². The molecule has 2 aromatic heterocycles. The van der Waals surface area contributed by atoms with Crippen molar-refractivity contribution in [1.29, 1.82) is 0 Å².